The lowest BCUT2D eigenvalue weighted by Crippen LogP contribution is -2.41. The zero-order chi connectivity index (χ0) is 25.5. The van der Waals surface area contributed by atoms with Crippen LogP contribution in [0.25, 0.3) is 11.2 Å². The van der Waals surface area contributed by atoms with E-state index in [4.69, 9.17) is 36.9 Å². The number of H-pyrrole nitrogens is 1. The van der Waals surface area contributed by atoms with Gasteiger partial charge in [-0.2, -0.15) is 0 Å². The zero-order valence-electron chi connectivity index (χ0n) is 20.0. The minimum Gasteiger partial charge on any atom is -0.463 e. The molecule has 1 fully saturated rings. The molecular formula is C22H31N5O7S. The average Bonchev–Trinajstić information content (AvgIpc) is 3.34. The highest BCUT2D eigenvalue weighted by Gasteiger charge is 2.51. The monoisotopic (exact) mass is 509 g/mol. The molecule has 1 saturated heterocycles. The van der Waals surface area contributed by atoms with Gasteiger partial charge in [-0.15, -0.1) is 0 Å². The number of aromatic amines is 1. The summed E-state index contributed by atoms with van der Waals surface area (Å²) in [5.41, 5.74) is 6.61. The third-order valence-electron chi connectivity index (χ3n) is 5.33. The van der Waals surface area contributed by atoms with E-state index < -0.39 is 42.4 Å². The van der Waals surface area contributed by atoms with E-state index in [2.05, 4.69) is 15.0 Å². The predicted molar refractivity (Wildman–Crippen MR) is 126 cm³/mol. The van der Waals surface area contributed by atoms with Crippen LogP contribution in [-0.4, -0.2) is 62.3 Å². The number of nitrogen functional groups attached to an aromatic ring is 1. The molecule has 0 aromatic carbocycles. The summed E-state index contributed by atoms with van der Waals surface area (Å²) in [6.07, 6.45) is -0.146. The smallest absolute Gasteiger partial charge is 0.306 e. The van der Waals surface area contributed by atoms with Crippen molar-refractivity contribution >= 4 is 47.2 Å². The van der Waals surface area contributed by atoms with Crippen LogP contribution >= 0.6 is 12.2 Å². The number of hydrogen-bond acceptors (Lipinski definition) is 11. The minimum absolute atomic E-state index is 0.0674. The van der Waals surface area contributed by atoms with Crippen LogP contribution in [0.2, 0.25) is 0 Å². The highest BCUT2D eigenvalue weighted by Crippen LogP contribution is 2.36. The number of carbonyl (C=O) groups excluding carboxylic acids is 3. The molecule has 12 nitrogen and oxygen atoms in total. The van der Waals surface area contributed by atoms with Gasteiger partial charge in [-0.05, 0) is 19.3 Å². The van der Waals surface area contributed by atoms with Gasteiger partial charge in [0.1, 0.15) is 23.9 Å². The first-order valence-electron chi connectivity index (χ1n) is 11.7. The summed E-state index contributed by atoms with van der Waals surface area (Å²) in [6.45, 7) is 5.36. The van der Waals surface area contributed by atoms with Crippen molar-refractivity contribution in [3.05, 3.63) is 11.0 Å². The van der Waals surface area contributed by atoms with Crippen LogP contribution in [-0.2, 0) is 33.3 Å². The quantitative estimate of drug-likeness (QED) is 0.260. The third-order valence-corrected chi connectivity index (χ3v) is 5.62. The first-order valence-corrected chi connectivity index (χ1v) is 12.1. The molecule has 13 heteroatoms. The molecule has 1 aliphatic heterocycles. The van der Waals surface area contributed by atoms with Crippen LogP contribution in [0.3, 0.4) is 0 Å². The predicted octanol–water partition coefficient (Wildman–Crippen LogP) is 2.74. The van der Waals surface area contributed by atoms with E-state index in [1.54, 1.807) is 4.57 Å². The van der Waals surface area contributed by atoms with Gasteiger partial charge >= 0.3 is 17.9 Å². The number of rotatable bonds is 11. The number of nitrogens with two attached hydrogens (primary N) is 1. The SMILES string of the molecule is CCCC(=O)OC[C@H]1O[C@@H](n2cnc3c(=S)nc(N)[nH]c32)[C@H](OC(=O)CCC)[C@@H]1OC(=O)CCC. The van der Waals surface area contributed by atoms with Crippen LogP contribution in [0.15, 0.2) is 6.33 Å². The van der Waals surface area contributed by atoms with Crippen LogP contribution in [0, 0.1) is 4.64 Å². The Morgan fingerprint density at radius 3 is 2.29 bits per heavy atom. The molecule has 3 N–H and O–H groups in total. The van der Waals surface area contributed by atoms with Crippen molar-refractivity contribution in [2.75, 3.05) is 12.3 Å². The molecule has 0 amide bonds. The van der Waals surface area contributed by atoms with Gasteiger partial charge < -0.3 is 29.7 Å². The summed E-state index contributed by atoms with van der Waals surface area (Å²) in [7, 11) is 0. The van der Waals surface area contributed by atoms with Gasteiger partial charge in [-0.25, -0.2) is 9.97 Å². The largest absolute Gasteiger partial charge is 0.463 e. The number of ether oxygens (including phenoxy) is 4. The fraction of sp³-hybridized carbons (Fsp3) is 0.636. The number of nitrogens with one attached hydrogen (secondary N) is 1. The third kappa shape index (κ3) is 6.34. The Morgan fingerprint density at radius 1 is 1.06 bits per heavy atom. The molecule has 3 rings (SSSR count). The molecule has 0 aliphatic carbocycles. The van der Waals surface area contributed by atoms with E-state index in [0.29, 0.717) is 30.4 Å². The molecule has 0 unspecified atom stereocenters. The fourth-order valence-electron chi connectivity index (χ4n) is 3.76. The summed E-state index contributed by atoms with van der Waals surface area (Å²) >= 11 is 5.25. The number of carbonyl (C=O) groups is 3. The number of nitrogens with zero attached hydrogens (tertiary/aromatic N) is 3. The summed E-state index contributed by atoms with van der Waals surface area (Å²) in [5.74, 6) is -1.30. The molecule has 35 heavy (non-hydrogen) atoms. The maximum atomic E-state index is 12.5. The van der Waals surface area contributed by atoms with Gasteiger partial charge in [-0.1, -0.05) is 33.0 Å². The van der Waals surface area contributed by atoms with Crippen molar-refractivity contribution in [3.63, 3.8) is 0 Å². The minimum atomic E-state index is -1.04. The molecule has 0 radical (unpaired) electrons. The second-order valence-corrected chi connectivity index (χ2v) is 8.57. The lowest BCUT2D eigenvalue weighted by Gasteiger charge is -2.25. The van der Waals surface area contributed by atoms with Crippen LogP contribution in [0.4, 0.5) is 5.95 Å². The van der Waals surface area contributed by atoms with Crippen LogP contribution < -0.4 is 5.73 Å². The Balaban J connectivity index is 2.01. The standard InChI is InChI=1S/C22H31N5O7S/c1-4-7-13(28)31-10-12-17(33-14(29)8-5-2)18(34-15(30)9-6-3)21(32-12)27-11-24-16-19(27)25-22(23)26-20(16)35/h11-12,17-18,21H,4-10H2,1-3H3,(H3,23,25,26,35)/t12-,17-,18-,21-/m1/s1. The number of fused-ring (bicyclic) bond motifs is 1. The highest BCUT2D eigenvalue weighted by molar-refractivity contribution is 7.71. The van der Waals surface area contributed by atoms with E-state index in [-0.39, 0.29) is 36.5 Å². The van der Waals surface area contributed by atoms with Gasteiger partial charge in [0, 0.05) is 19.3 Å². The van der Waals surface area contributed by atoms with Crippen LogP contribution in [0.5, 0.6) is 0 Å². The summed E-state index contributed by atoms with van der Waals surface area (Å²) in [4.78, 5) is 48.2. The Hall–Kier alpha value is -3.06. The van der Waals surface area contributed by atoms with Crippen molar-refractivity contribution < 1.29 is 33.3 Å². The molecule has 0 bridgehead atoms. The van der Waals surface area contributed by atoms with Crippen molar-refractivity contribution in [3.8, 4) is 0 Å². The van der Waals surface area contributed by atoms with E-state index in [9.17, 15) is 14.4 Å². The summed E-state index contributed by atoms with van der Waals surface area (Å²) < 4.78 is 24.7. The van der Waals surface area contributed by atoms with Crippen molar-refractivity contribution in [2.45, 2.75) is 83.8 Å². The summed E-state index contributed by atoms with van der Waals surface area (Å²) in [5, 5.41) is 0. The van der Waals surface area contributed by atoms with E-state index in [1.165, 1.54) is 6.33 Å². The fourth-order valence-corrected chi connectivity index (χ4v) is 4.01. The van der Waals surface area contributed by atoms with E-state index >= 15 is 0 Å². The maximum absolute atomic E-state index is 12.5. The van der Waals surface area contributed by atoms with Crippen molar-refractivity contribution in [1.29, 1.82) is 0 Å². The second-order valence-electron chi connectivity index (χ2n) is 8.18. The van der Waals surface area contributed by atoms with E-state index in [1.807, 2.05) is 20.8 Å². The number of imidazole rings is 1. The average molecular weight is 510 g/mol. The lowest BCUT2D eigenvalue weighted by molar-refractivity contribution is -0.169. The molecule has 192 valence electrons. The number of hydrogen-bond donors (Lipinski definition) is 2. The molecule has 1 aliphatic rings. The maximum Gasteiger partial charge on any atom is 0.306 e. The Bertz CT molecular complexity index is 1120. The summed E-state index contributed by atoms with van der Waals surface area (Å²) in [6, 6.07) is 0. The first-order chi connectivity index (χ1) is 16.8. The molecule has 3 heterocycles. The molecule has 2 aromatic rings. The van der Waals surface area contributed by atoms with Gasteiger partial charge in [0.15, 0.2) is 29.0 Å². The van der Waals surface area contributed by atoms with Crippen LogP contribution in [0.1, 0.15) is 65.5 Å². The number of esters is 3. The topological polar surface area (TPSA) is 161 Å². The van der Waals surface area contributed by atoms with Crippen molar-refractivity contribution in [1.82, 2.24) is 19.5 Å². The Labute approximate surface area is 207 Å². The molecule has 2 aromatic heterocycles. The molecule has 0 spiro atoms. The van der Waals surface area contributed by atoms with Gasteiger partial charge in [-0.3, -0.25) is 19.0 Å². The number of anilines is 1. The molecule has 4 atom stereocenters. The van der Waals surface area contributed by atoms with Gasteiger partial charge in [0.05, 0.1) is 6.33 Å². The Morgan fingerprint density at radius 2 is 1.66 bits per heavy atom. The van der Waals surface area contributed by atoms with Crippen molar-refractivity contribution in [2.24, 2.45) is 0 Å². The number of aromatic nitrogens is 4. The van der Waals surface area contributed by atoms with Gasteiger partial charge in [0.25, 0.3) is 0 Å². The zero-order valence-corrected chi connectivity index (χ0v) is 20.8. The first kappa shape index (κ1) is 26.5. The molecule has 0 saturated carbocycles. The Kier molecular flexibility index (Phi) is 9.15. The van der Waals surface area contributed by atoms with Gasteiger partial charge in [0.2, 0.25) is 0 Å². The van der Waals surface area contributed by atoms with E-state index in [0.717, 1.165) is 0 Å². The highest BCUT2D eigenvalue weighted by atomic mass is 32.1. The lowest BCUT2D eigenvalue weighted by atomic mass is 10.1. The second kappa shape index (κ2) is 12.1. The normalized spacial score (nSPS) is 21.7. The molecular weight excluding hydrogens is 478 g/mol.